The van der Waals surface area contributed by atoms with Crippen molar-refractivity contribution in [1.82, 2.24) is 10.6 Å². The van der Waals surface area contributed by atoms with Crippen LogP contribution in [0, 0.1) is 11.8 Å². The second-order valence-electron chi connectivity index (χ2n) is 6.91. The summed E-state index contributed by atoms with van der Waals surface area (Å²) in [7, 11) is 0. The van der Waals surface area contributed by atoms with Crippen LogP contribution >= 0.6 is 23.2 Å². The van der Waals surface area contributed by atoms with Crippen LogP contribution in [0.15, 0.2) is 18.2 Å². The number of rotatable bonds is 6. The van der Waals surface area contributed by atoms with Gasteiger partial charge in [0.25, 0.3) is 11.8 Å². The van der Waals surface area contributed by atoms with Crippen LogP contribution in [0.2, 0.25) is 10.0 Å². The van der Waals surface area contributed by atoms with E-state index in [1.54, 1.807) is 0 Å². The first kappa shape index (κ1) is 21.5. The van der Waals surface area contributed by atoms with Crippen LogP contribution in [-0.2, 0) is 14.3 Å². The Bertz CT molecular complexity index is 711. The highest BCUT2D eigenvalue weighted by molar-refractivity contribution is 6.42. The summed E-state index contributed by atoms with van der Waals surface area (Å²) in [5.41, 5.74) is 0.273. The summed E-state index contributed by atoms with van der Waals surface area (Å²) in [6.07, 6.45) is 3.18. The Morgan fingerprint density at radius 2 is 1.89 bits per heavy atom. The van der Waals surface area contributed by atoms with Crippen LogP contribution in [0.1, 0.15) is 43.5 Å². The summed E-state index contributed by atoms with van der Waals surface area (Å²) < 4.78 is 4.92. The van der Waals surface area contributed by atoms with Crippen molar-refractivity contribution in [3.63, 3.8) is 0 Å². The highest BCUT2D eigenvalue weighted by Gasteiger charge is 2.28. The van der Waals surface area contributed by atoms with Gasteiger partial charge in [0.1, 0.15) is 6.54 Å². The lowest BCUT2D eigenvalue weighted by atomic mass is 9.78. The van der Waals surface area contributed by atoms with E-state index >= 15 is 0 Å². The highest BCUT2D eigenvalue weighted by Crippen LogP contribution is 2.29. The minimum absolute atomic E-state index is 0.106. The van der Waals surface area contributed by atoms with Gasteiger partial charge in [0, 0.05) is 11.6 Å². The molecule has 0 heterocycles. The van der Waals surface area contributed by atoms with Gasteiger partial charge in [-0.3, -0.25) is 14.4 Å². The first-order valence-electron chi connectivity index (χ1n) is 8.96. The minimum Gasteiger partial charge on any atom is -0.454 e. The van der Waals surface area contributed by atoms with Crippen LogP contribution in [-0.4, -0.2) is 37.0 Å². The van der Waals surface area contributed by atoms with Crippen molar-refractivity contribution in [2.45, 2.75) is 39.2 Å². The molecule has 1 aliphatic rings. The lowest BCUT2D eigenvalue weighted by Gasteiger charge is -2.34. The van der Waals surface area contributed by atoms with Crippen molar-refractivity contribution in [2.75, 3.05) is 13.2 Å². The summed E-state index contributed by atoms with van der Waals surface area (Å²) in [6.45, 7) is 3.60. The van der Waals surface area contributed by atoms with Crippen molar-refractivity contribution in [1.29, 1.82) is 0 Å². The molecule has 2 amide bonds. The molecule has 0 radical (unpaired) electrons. The van der Waals surface area contributed by atoms with E-state index in [-0.39, 0.29) is 35.7 Å². The molecule has 0 unspecified atom stereocenters. The normalized spacial score (nSPS) is 22.0. The Morgan fingerprint density at radius 1 is 1.15 bits per heavy atom. The Kier molecular flexibility index (Phi) is 7.92. The molecule has 8 heteroatoms. The second kappa shape index (κ2) is 9.95. The van der Waals surface area contributed by atoms with Crippen molar-refractivity contribution in [3.05, 3.63) is 33.8 Å². The van der Waals surface area contributed by atoms with Gasteiger partial charge in [-0.1, -0.05) is 49.9 Å². The topological polar surface area (TPSA) is 84.5 Å². The number of nitrogens with one attached hydrogen (secondary N) is 2. The zero-order chi connectivity index (χ0) is 20.0. The molecule has 0 spiro atoms. The Hall–Kier alpha value is -1.79. The van der Waals surface area contributed by atoms with Crippen LogP contribution in [0.5, 0.6) is 0 Å². The van der Waals surface area contributed by atoms with Gasteiger partial charge in [-0.15, -0.1) is 0 Å². The molecule has 2 rings (SSSR count). The Balaban J connectivity index is 1.71. The SMILES string of the molecule is C[C@@H]1[C@@H](C)CCC[C@H]1NC(=O)COC(=O)CNC(=O)c1ccc(Cl)c(Cl)c1. The molecule has 1 aliphatic carbocycles. The van der Waals surface area contributed by atoms with Crippen molar-refractivity contribution in [2.24, 2.45) is 11.8 Å². The lowest BCUT2D eigenvalue weighted by molar-refractivity contribution is -0.147. The maximum absolute atomic E-state index is 12.0. The lowest BCUT2D eigenvalue weighted by Crippen LogP contribution is -2.45. The van der Waals surface area contributed by atoms with Gasteiger partial charge in [-0.05, 0) is 36.5 Å². The zero-order valence-electron chi connectivity index (χ0n) is 15.4. The van der Waals surface area contributed by atoms with Gasteiger partial charge < -0.3 is 15.4 Å². The number of ether oxygens (including phenoxy) is 1. The van der Waals surface area contributed by atoms with Crippen LogP contribution in [0.3, 0.4) is 0 Å². The highest BCUT2D eigenvalue weighted by atomic mass is 35.5. The van der Waals surface area contributed by atoms with E-state index in [1.165, 1.54) is 24.6 Å². The monoisotopic (exact) mass is 414 g/mol. The third-order valence-corrected chi connectivity index (χ3v) is 5.73. The van der Waals surface area contributed by atoms with Crippen molar-refractivity contribution in [3.8, 4) is 0 Å². The van der Waals surface area contributed by atoms with E-state index in [9.17, 15) is 14.4 Å². The van der Waals surface area contributed by atoms with Crippen molar-refractivity contribution < 1.29 is 19.1 Å². The van der Waals surface area contributed by atoms with E-state index in [0.717, 1.165) is 12.8 Å². The van der Waals surface area contributed by atoms with E-state index in [4.69, 9.17) is 27.9 Å². The summed E-state index contributed by atoms with van der Waals surface area (Å²) in [5, 5.41) is 5.92. The van der Waals surface area contributed by atoms with Gasteiger partial charge in [0.2, 0.25) is 0 Å². The molecule has 0 aromatic heterocycles. The fraction of sp³-hybridized carbons (Fsp3) is 0.526. The maximum Gasteiger partial charge on any atom is 0.325 e. The molecular formula is C19H24Cl2N2O4. The zero-order valence-corrected chi connectivity index (χ0v) is 16.9. The molecule has 0 saturated heterocycles. The van der Waals surface area contributed by atoms with Gasteiger partial charge in [0.05, 0.1) is 10.0 Å². The molecule has 1 aromatic rings. The van der Waals surface area contributed by atoms with Gasteiger partial charge in [-0.2, -0.15) is 0 Å². The number of amides is 2. The molecule has 148 valence electrons. The van der Waals surface area contributed by atoms with E-state index in [0.29, 0.717) is 16.9 Å². The smallest absolute Gasteiger partial charge is 0.325 e. The van der Waals surface area contributed by atoms with E-state index in [1.807, 2.05) is 0 Å². The van der Waals surface area contributed by atoms with Crippen LogP contribution in [0.4, 0.5) is 0 Å². The average Bonchev–Trinajstić information content (AvgIpc) is 2.64. The van der Waals surface area contributed by atoms with E-state index in [2.05, 4.69) is 24.5 Å². The van der Waals surface area contributed by atoms with Gasteiger partial charge in [-0.25, -0.2) is 0 Å². The molecule has 6 nitrogen and oxygen atoms in total. The number of carbonyl (C=O) groups excluding carboxylic acids is 3. The Morgan fingerprint density at radius 3 is 2.59 bits per heavy atom. The molecule has 2 N–H and O–H groups in total. The third-order valence-electron chi connectivity index (χ3n) is 4.99. The fourth-order valence-corrected chi connectivity index (χ4v) is 3.42. The predicted molar refractivity (Wildman–Crippen MR) is 104 cm³/mol. The molecule has 3 atom stereocenters. The largest absolute Gasteiger partial charge is 0.454 e. The molecular weight excluding hydrogens is 391 g/mol. The first-order valence-corrected chi connectivity index (χ1v) is 9.71. The Labute approximate surface area is 168 Å². The number of benzene rings is 1. The van der Waals surface area contributed by atoms with E-state index < -0.39 is 11.9 Å². The molecule has 1 fully saturated rings. The summed E-state index contributed by atoms with van der Waals surface area (Å²) in [4.78, 5) is 35.7. The van der Waals surface area contributed by atoms with Gasteiger partial charge in [0.15, 0.2) is 6.61 Å². The number of hydrogen-bond acceptors (Lipinski definition) is 4. The number of halogens is 2. The third kappa shape index (κ3) is 6.40. The van der Waals surface area contributed by atoms with Gasteiger partial charge >= 0.3 is 5.97 Å². The first-order chi connectivity index (χ1) is 12.8. The second-order valence-corrected chi connectivity index (χ2v) is 7.73. The number of carbonyl (C=O) groups is 3. The summed E-state index contributed by atoms with van der Waals surface area (Å²) >= 11 is 11.7. The average molecular weight is 415 g/mol. The molecule has 0 bridgehead atoms. The molecule has 1 aromatic carbocycles. The quantitative estimate of drug-likeness (QED) is 0.699. The van der Waals surface area contributed by atoms with Crippen LogP contribution < -0.4 is 10.6 Å². The number of hydrogen-bond donors (Lipinski definition) is 2. The summed E-state index contributed by atoms with van der Waals surface area (Å²) in [6, 6.07) is 4.50. The molecule has 1 saturated carbocycles. The molecule has 0 aliphatic heterocycles. The predicted octanol–water partition coefficient (Wildman–Crippen LogP) is 3.21. The van der Waals surface area contributed by atoms with Crippen molar-refractivity contribution >= 4 is 41.0 Å². The number of esters is 1. The summed E-state index contributed by atoms with van der Waals surface area (Å²) in [5.74, 6) is -0.555. The van der Waals surface area contributed by atoms with Crippen LogP contribution in [0.25, 0.3) is 0 Å². The maximum atomic E-state index is 12.0. The fourth-order valence-electron chi connectivity index (χ4n) is 3.12. The molecule has 27 heavy (non-hydrogen) atoms. The standard InChI is InChI=1S/C19H24Cl2N2O4/c1-11-4-3-5-16(12(11)2)23-17(24)10-27-18(25)9-22-19(26)13-6-7-14(20)15(21)8-13/h6-8,11-12,16H,3-5,9-10H2,1-2H3,(H,22,26)(H,23,24)/t11-,12+,16+/m0/s1. The minimum atomic E-state index is -0.691.